The summed E-state index contributed by atoms with van der Waals surface area (Å²) in [5.41, 5.74) is 8.78. The quantitative estimate of drug-likeness (QED) is 0.373. The van der Waals surface area contributed by atoms with Crippen LogP contribution in [-0.2, 0) is 4.79 Å². The molecule has 3 aromatic heterocycles. The molecule has 40 heavy (non-hydrogen) atoms. The number of likely N-dealkylation sites (tertiary alicyclic amines) is 1. The second-order valence-electron chi connectivity index (χ2n) is 10.7. The highest BCUT2D eigenvalue weighted by atomic mass is 19.3. The number of carbonyl (C=O) groups excluding carboxylic acids is 2. The van der Waals surface area contributed by atoms with Gasteiger partial charge in [-0.3, -0.25) is 14.0 Å². The van der Waals surface area contributed by atoms with Crippen molar-refractivity contribution in [1.82, 2.24) is 24.3 Å². The molecule has 2 atom stereocenters. The summed E-state index contributed by atoms with van der Waals surface area (Å²) in [6, 6.07) is 12.3. The zero-order valence-electron chi connectivity index (χ0n) is 21.9. The number of nitrogens with two attached hydrogens (primary N) is 1. The minimum Gasteiger partial charge on any atom is -0.382 e. The number of nitrogens with zero attached hydrogens (tertiary/aromatic N) is 5. The van der Waals surface area contributed by atoms with Gasteiger partial charge in [0.05, 0.1) is 0 Å². The van der Waals surface area contributed by atoms with Crippen LogP contribution in [0.25, 0.3) is 16.8 Å². The van der Waals surface area contributed by atoms with E-state index in [4.69, 9.17) is 10.7 Å². The van der Waals surface area contributed by atoms with Crippen molar-refractivity contribution in [3.8, 4) is 11.3 Å². The highest BCUT2D eigenvalue weighted by Crippen LogP contribution is 2.44. The third kappa shape index (κ3) is 4.76. The Morgan fingerprint density at radius 2 is 1.82 bits per heavy atom. The van der Waals surface area contributed by atoms with Gasteiger partial charge in [-0.2, -0.15) is 0 Å². The van der Waals surface area contributed by atoms with Gasteiger partial charge in [0.25, 0.3) is 5.91 Å². The fraction of sp³-hybridized carbons (Fsp3) is 0.345. The first kappa shape index (κ1) is 25.8. The maximum Gasteiger partial charge on any atom is 0.256 e. The molecule has 2 amide bonds. The fourth-order valence-electron chi connectivity index (χ4n) is 5.68. The Morgan fingerprint density at radius 3 is 2.52 bits per heavy atom. The van der Waals surface area contributed by atoms with Gasteiger partial charge in [0.15, 0.2) is 0 Å². The lowest BCUT2D eigenvalue weighted by Crippen LogP contribution is -2.52. The number of pyridine rings is 1. The van der Waals surface area contributed by atoms with E-state index in [1.54, 1.807) is 66.0 Å². The second-order valence-corrected chi connectivity index (χ2v) is 10.7. The van der Waals surface area contributed by atoms with Crippen LogP contribution in [0.5, 0.6) is 0 Å². The van der Waals surface area contributed by atoms with Crippen LogP contribution < -0.4 is 11.1 Å². The molecule has 2 fully saturated rings. The van der Waals surface area contributed by atoms with Crippen LogP contribution >= 0.6 is 0 Å². The number of nitrogen functional groups attached to an aromatic ring is 1. The van der Waals surface area contributed by atoms with Crippen LogP contribution in [-0.4, -0.2) is 54.6 Å². The van der Waals surface area contributed by atoms with Crippen molar-refractivity contribution >= 4 is 29.0 Å². The molecular weight excluding hydrogens is 516 g/mol. The third-order valence-electron chi connectivity index (χ3n) is 7.91. The molecule has 1 aromatic carbocycles. The molecule has 1 aliphatic heterocycles. The Labute approximate surface area is 229 Å². The predicted molar refractivity (Wildman–Crippen MR) is 146 cm³/mol. The van der Waals surface area contributed by atoms with Gasteiger partial charge in [-0.1, -0.05) is 18.2 Å². The van der Waals surface area contributed by atoms with Crippen LogP contribution in [0.2, 0.25) is 0 Å². The van der Waals surface area contributed by atoms with E-state index in [9.17, 15) is 18.4 Å². The average Bonchev–Trinajstić information content (AvgIpc) is 3.33. The van der Waals surface area contributed by atoms with Crippen molar-refractivity contribution in [2.45, 2.75) is 50.5 Å². The van der Waals surface area contributed by atoms with Gasteiger partial charge in [-0.25, -0.2) is 23.7 Å². The maximum atomic E-state index is 13.5. The topological polar surface area (TPSA) is 119 Å². The van der Waals surface area contributed by atoms with Gasteiger partial charge in [0, 0.05) is 67.0 Å². The molecule has 11 heteroatoms. The molecule has 206 valence electrons. The van der Waals surface area contributed by atoms with Gasteiger partial charge in [0.2, 0.25) is 11.8 Å². The zero-order valence-corrected chi connectivity index (χ0v) is 21.9. The minimum atomic E-state index is -2.74. The van der Waals surface area contributed by atoms with Crippen molar-refractivity contribution in [2.75, 3.05) is 17.6 Å². The molecule has 2 unspecified atom stereocenters. The van der Waals surface area contributed by atoms with E-state index in [0.29, 0.717) is 35.0 Å². The van der Waals surface area contributed by atoms with Gasteiger partial charge in [-0.05, 0) is 44.0 Å². The van der Waals surface area contributed by atoms with E-state index < -0.39 is 11.8 Å². The van der Waals surface area contributed by atoms with Gasteiger partial charge in [0.1, 0.15) is 28.7 Å². The van der Waals surface area contributed by atoms with Gasteiger partial charge >= 0.3 is 0 Å². The molecule has 4 aromatic rings. The molecular formula is C29H29F2N7O2. The second kappa shape index (κ2) is 9.96. The van der Waals surface area contributed by atoms with Crippen LogP contribution in [0.4, 0.5) is 20.4 Å². The van der Waals surface area contributed by atoms with Crippen LogP contribution in [0, 0.1) is 5.92 Å². The Kier molecular flexibility index (Phi) is 6.44. The number of hydrogen-bond donors (Lipinski definition) is 2. The van der Waals surface area contributed by atoms with E-state index in [1.165, 1.54) is 0 Å². The number of benzene rings is 1. The number of imidazole rings is 1. The summed E-state index contributed by atoms with van der Waals surface area (Å²) in [6.45, 7) is 2.36. The fourth-order valence-corrected chi connectivity index (χ4v) is 5.68. The highest BCUT2D eigenvalue weighted by Gasteiger charge is 2.50. The average molecular weight is 546 g/mol. The summed E-state index contributed by atoms with van der Waals surface area (Å²) in [7, 11) is 0. The number of carbonyl (C=O) groups is 2. The smallest absolute Gasteiger partial charge is 0.256 e. The van der Waals surface area contributed by atoms with Gasteiger partial charge < -0.3 is 16.0 Å². The highest BCUT2D eigenvalue weighted by molar-refractivity contribution is 6.04. The van der Waals surface area contributed by atoms with E-state index in [1.807, 2.05) is 11.3 Å². The number of hydrogen-bond acceptors (Lipinski definition) is 6. The summed E-state index contributed by atoms with van der Waals surface area (Å²) >= 11 is 0. The van der Waals surface area contributed by atoms with Crippen molar-refractivity contribution in [2.24, 2.45) is 5.92 Å². The number of halogens is 2. The summed E-state index contributed by atoms with van der Waals surface area (Å²) < 4.78 is 28.8. The first-order valence-corrected chi connectivity index (χ1v) is 13.3. The molecule has 1 saturated carbocycles. The molecule has 0 radical (unpaired) electrons. The van der Waals surface area contributed by atoms with Crippen LogP contribution in [0.1, 0.15) is 54.7 Å². The zero-order chi connectivity index (χ0) is 28.0. The summed E-state index contributed by atoms with van der Waals surface area (Å²) in [5, 5.41) is 2.77. The number of fused-ring (bicyclic) bond motifs is 1. The van der Waals surface area contributed by atoms with E-state index in [0.717, 1.165) is 24.2 Å². The lowest BCUT2D eigenvalue weighted by atomic mass is 9.79. The number of aromatic nitrogens is 4. The van der Waals surface area contributed by atoms with Crippen molar-refractivity contribution in [3.63, 3.8) is 0 Å². The standard InChI is InChI=1S/C29H29F2N7O2/c1-17-5-6-20(16-38(17)28(40)21-14-29(30,31)15-21)26-36-23(24-25(32)34-12-13-37(24)26)18-7-9-19(10-8-18)27(39)35-22-4-2-3-11-33-22/h2-4,7-13,17,20-21H,5-6,14-16H2,1H3,(H2,32,34)(H,33,35,39). The molecule has 4 heterocycles. The molecule has 2 aliphatic rings. The minimum absolute atomic E-state index is 0.0276. The van der Waals surface area contributed by atoms with Crippen molar-refractivity contribution in [3.05, 3.63) is 72.4 Å². The number of anilines is 2. The number of nitrogens with one attached hydrogen (secondary N) is 1. The first-order valence-electron chi connectivity index (χ1n) is 13.3. The van der Waals surface area contributed by atoms with Crippen LogP contribution in [0.15, 0.2) is 61.1 Å². The van der Waals surface area contributed by atoms with E-state index in [2.05, 4.69) is 15.3 Å². The summed E-state index contributed by atoms with van der Waals surface area (Å²) in [6.07, 6.45) is 5.77. The first-order chi connectivity index (χ1) is 19.2. The summed E-state index contributed by atoms with van der Waals surface area (Å²) in [4.78, 5) is 40.9. The molecule has 1 aliphatic carbocycles. The molecule has 0 bridgehead atoms. The number of rotatable bonds is 5. The largest absolute Gasteiger partial charge is 0.382 e. The van der Waals surface area contributed by atoms with E-state index >= 15 is 0 Å². The lowest BCUT2D eigenvalue weighted by Gasteiger charge is -2.43. The Hall–Kier alpha value is -4.41. The van der Waals surface area contributed by atoms with Gasteiger partial charge in [-0.15, -0.1) is 0 Å². The SMILES string of the molecule is CC1CCC(c2nc(-c3ccc(C(=O)Nc4ccccn4)cc3)c3c(N)nccn23)CN1C(=O)C1CC(F)(F)C1. The lowest BCUT2D eigenvalue weighted by molar-refractivity contribution is -0.163. The molecule has 0 spiro atoms. The molecule has 1 saturated heterocycles. The Balaban J connectivity index is 1.28. The Morgan fingerprint density at radius 1 is 1.05 bits per heavy atom. The predicted octanol–water partition coefficient (Wildman–Crippen LogP) is 4.77. The number of amides is 2. The third-order valence-corrected chi connectivity index (χ3v) is 7.91. The van der Waals surface area contributed by atoms with E-state index in [-0.39, 0.29) is 36.6 Å². The monoisotopic (exact) mass is 545 g/mol. The van der Waals surface area contributed by atoms with Crippen LogP contribution in [0.3, 0.4) is 0 Å². The number of alkyl halides is 2. The van der Waals surface area contributed by atoms with Crippen molar-refractivity contribution in [1.29, 1.82) is 0 Å². The summed E-state index contributed by atoms with van der Waals surface area (Å²) in [5.74, 6) is -2.46. The van der Waals surface area contributed by atoms with Crippen molar-refractivity contribution < 1.29 is 18.4 Å². The molecule has 9 nitrogen and oxygen atoms in total. The maximum absolute atomic E-state index is 13.5. The Bertz CT molecular complexity index is 1560. The molecule has 6 rings (SSSR count). The number of piperidine rings is 1. The normalized spacial score (nSPS) is 20.7. The molecule has 3 N–H and O–H groups in total.